The molecule has 17 heavy (non-hydrogen) atoms. The standard InChI is InChI=1S/C12H12BrNO3/c1-17-8-3-4-9-10(7-8)14(6-2-5-13)12(16)11(9)15/h3-4,7H,2,5-6H2,1H3. The molecule has 0 saturated carbocycles. The zero-order valence-corrected chi connectivity index (χ0v) is 11.0. The second-order valence-electron chi connectivity index (χ2n) is 3.71. The summed E-state index contributed by atoms with van der Waals surface area (Å²) in [6, 6.07) is 5.06. The number of Topliss-reactive ketones (excluding diaryl/α,β-unsaturated/α-hetero) is 1. The number of carbonyl (C=O) groups excluding carboxylic acids is 2. The van der Waals surface area contributed by atoms with Crippen molar-refractivity contribution in [2.24, 2.45) is 0 Å². The lowest BCUT2D eigenvalue weighted by Crippen LogP contribution is -2.30. The smallest absolute Gasteiger partial charge is 0.299 e. The molecule has 0 N–H and O–H groups in total. The van der Waals surface area contributed by atoms with Gasteiger partial charge in [0.1, 0.15) is 5.75 Å². The molecule has 2 rings (SSSR count). The summed E-state index contributed by atoms with van der Waals surface area (Å²) in [7, 11) is 1.56. The largest absolute Gasteiger partial charge is 0.497 e. The Labute approximate surface area is 108 Å². The maximum absolute atomic E-state index is 11.8. The molecule has 4 nitrogen and oxygen atoms in total. The molecule has 0 aromatic heterocycles. The van der Waals surface area contributed by atoms with Crippen molar-refractivity contribution in [2.45, 2.75) is 6.42 Å². The lowest BCUT2D eigenvalue weighted by atomic mass is 10.1. The minimum atomic E-state index is -0.450. The van der Waals surface area contributed by atoms with Crippen LogP contribution in [0.4, 0.5) is 5.69 Å². The molecule has 0 atom stereocenters. The first-order valence-corrected chi connectivity index (χ1v) is 6.41. The third-order valence-corrected chi connectivity index (χ3v) is 3.26. The van der Waals surface area contributed by atoms with Crippen LogP contribution >= 0.6 is 15.9 Å². The van der Waals surface area contributed by atoms with E-state index < -0.39 is 11.7 Å². The number of nitrogens with zero attached hydrogens (tertiary/aromatic N) is 1. The van der Waals surface area contributed by atoms with Crippen LogP contribution in [0.3, 0.4) is 0 Å². The lowest BCUT2D eigenvalue weighted by molar-refractivity contribution is -0.114. The van der Waals surface area contributed by atoms with E-state index in [1.54, 1.807) is 25.3 Å². The highest BCUT2D eigenvalue weighted by molar-refractivity contribution is 9.09. The van der Waals surface area contributed by atoms with Gasteiger partial charge in [0.05, 0.1) is 18.4 Å². The molecule has 1 aliphatic heterocycles. The van der Waals surface area contributed by atoms with E-state index in [-0.39, 0.29) is 0 Å². The van der Waals surface area contributed by atoms with Gasteiger partial charge in [-0.2, -0.15) is 0 Å². The Kier molecular flexibility index (Phi) is 3.47. The predicted molar refractivity (Wildman–Crippen MR) is 68.1 cm³/mol. The van der Waals surface area contributed by atoms with Gasteiger partial charge in [-0.1, -0.05) is 15.9 Å². The van der Waals surface area contributed by atoms with Crippen LogP contribution in [0.15, 0.2) is 18.2 Å². The van der Waals surface area contributed by atoms with E-state index in [1.807, 2.05) is 0 Å². The second kappa shape index (κ2) is 4.87. The van der Waals surface area contributed by atoms with Crippen molar-refractivity contribution in [1.29, 1.82) is 0 Å². The van der Waals surface area contributed by atoms with Crippen LogP contribution in [0.1, 0.15) is 16.8 Å². The zero-order chi connectivity index (χ0) is 12.4. The summed E-state index contributed by atoms with van der Waals surface area (Å²) in [4.78, 5) is 25.0. The van der Waals surface area contributed by atoms with Gasteiger partial charge < -0.3 is 9.64 Å². The first-order valence-electron chi connectivity index (χ1n) is 5.29. The molecule has 0 aliphatic carbocycles. The first-order chi connectivity index (χ1) is 8.19. The normalized spacial score (nSPS) is 14.1. The highest BCUT2D eigenvalue weighted by Crippen LogP contribution is 2.32. The average Bonchev–Trinajstić information content (AvgIpc) is 2.59. The molecule has 0 spiro atoms. The highest BCUT2D eigenvalue weighted by atomic mass is 79.9. The van der Waals surface area contributed by atoms with Gasteiger partial charge >= 0.3 is 0 Å². The molecule has 1 aromatic carbocycles. The van der Waals surface area contributed by atoms with Crippen LogP contribution in [0.25, 0.3) is 0 Å². The number of methoxy groups -OCH3 is 1. The Hall–Kier alpha value is -1.36. The quantitative estimate of drug-likeness (QED) is 0.631. The number of alkyl halides is 1. The van der Waals surface area contributed by atoms with Crippen LogP contribution in [-0.4, -0.2) is 30.7 Å². The molecular formula is C12H12BrNO3. The Morgan fingerprint density at radius 3 is 2.76 bits per heavy atom. The van der Waals surface area contributed by atoms with Crippen molar-refractivity contribution < 1.29 is 14.3 Å². The average molecular weight is 298 g/mol. The molecule has 0 radical (unpaired) electrons. The zero-order valence-electron chi connectivity index (χ0n) is 9.40. The molecule has 1 amide bonds. The van der Waals surface area contributed by atoms with E-state index in [2.05, 4.69) is 15.9 Å². The van der Waals surface area contributed by atoms with Crippen LogP contribution in [0.5, 0.6) is 5.75 Å². The van der Waals surface area contributed by atoms with Gasteiger partial charge in [-0.25, -0.2) is 0 Å². The van der Waals surface area contributed by atoms with Gasteiger partial charge in [-0.3, -0.25) is 9.59 Å². The van der Waals surface area contributed by atoms with Crippen molar-refractivity contribution in [3.8, 4) is 5.75 Å². The number of rotatable bonds is 4. The van der Waals surface area contributed by atoms with Gasteiger partial charge in [0.2, 0.25) is 0 Å². The number of halogens is 1. The van der Waals surface area contributed by atoms with Crippen molar-refractivity contribution in [1.82, 2.24) is 0 Å². The molecule has 1 aliphatic rings. The van der Waals surface area contributed by atoms with Crippen molar-refractivity contribution >= 4 is 33.3 Å². The van der Waals surface area contributed by atoms with Crippen LogP contribution in [0.2, 0.25) is 0 Å². The molecule has 0 unspecified atom stereocenters. The van der Waals surface area contributed by atoms with Crippen molar-refractivity contribution in [2.75, 3.05) is 23.9 Å². The number of ether oxygens (including phenoxy) is 1. The summed E-state index contributed by atoms with van der Waals surface area (Å²) in [5, 5.41) is 0.796. The summed E-state index contributed by atoms with van der Waals surface area (Å²) in [5.41, 5.74) is 1.12. The minimum absolute atomic E-state index is 0.433. The fourth-order valence-electron chi connectivity index (χ4n) is 1.84. The third-order valence-electron chi connectivity index (χ3n) is 2.70. The number of carbonyl (C=O) groups is 2. The molecule has 0 fully saturated rings. The Balaban J connectivity index is 2.38. The fourth-order valence-corrected chi connectivity index (χ4v) is 2.09. The number of benzene rings is 1. The van der Waals surface area contributed by atoms with E-state index in [1.165, 1.54) is 4.90 Å². The van der Waals surface area contributed by atoms with E-state index >= 15 is 0 Å². The van der Waals surface area contributed by atoms with Crippen LogP contribution in [-0.2, 0) is 4.79 Å². The number of ketones is 1. The van der Waals surface area contributed by atoms with E-state index in [9.17, 15) is 9.59 Å². The van der Waals surface area contributed by atoms with Crippen LogP contribution in [0, 0.1) is 0 Å². The Morgan fingerprint density at radius 2 is 2.12 bits per heavy atom. The highest BCUT2D eigenvalue weighted by Gasteiger charge is 2.35. The van der Waals surface area contributed by atoms with Crippen LogP contribution < -0.4 is 9.64 Å². The minimum Gasteiger partial charge on any atom is -0.497 e. The number of hydrogen-bond donors (Lipinski definition) is 0. The van der Waals surface area contributed by atoms with E-state index in [0.717, 1.165) is 11.8 Å². The Morgan fingerprint density at radius 1 is 1.35 bits per heavy atom. The molecule has 0 saturated heterocycles. The van der Waals surface area contributed by atoms with Gasteiger partial charge in [0, 0.05) is 17.9 Å². The van der Waals surface area contributed by atoms with E-state index in [0.29, 0.717) is 23.5 Å². The van der Waals surface area contributed by atoms with E-state index in [4.69, 9.17) is 4.74 Å². The molecule has 1 heterocycles. The molecule has 0 bridgehead atoms. The third kappa shape index (κ3) is 2.07. The Bertz CT molecular complexity index is 473. The number of hydrogen-bond acceptors (Lipinski definition) is 3. The topological polar surface area (TPSA) is 46.6 Å². The number of anilines is 1. The second-order valence-corrected chi connectivity index (χ2v) is 4.50. The molecule has 5 heteroatoms. The maximum Gasteiger partial charge on any atom is 0.299 e. The van der Waals surface area contributed by atoms with Gasteiger partial charge in [-0.15, -0.1) is 0 Å². The van der Waals surface area contributed by atoms with Gasteiger partial charge in [-0.05, 0) is 18.6 Å². The predicted octanol–water partition coefficient (Wildman–Crippen LogP) is 2.01. The lowest BCUT2D eigenvalue weighted by Gasteiger charge is -2.16. The van der Waals surface area contributed by atoms with Crippen molar-refractivity contribution in [3.63, 3.8) is 0 Å². The number of amides is 1. The molecular weight excluding hydrogens is 286 g/mol. The maximum atomic E-state index is 11.8. The summed E-state index contributed by atoms with van der Waals surface area (Å²) >= 11 is 3.31. The monoisotopic (exact) mass is 297 g/mol. The SMILES string of the molecule is COc1ccc2c(c1)N(CCCBr)C(=O)C2=O. The van der Waals surface area contributed by atoms with Gasteiger partial charge in [0.25, 0.3) is 11.7 Å². The molecule has 90 valence electrons. The summed E-state index contributed by atoms with van der Waals surface area (Å²) < 4.78 is 5.10. The summed E-state index contributed by atoms with van der Waals surface area (Å²) in [6.45, 7) is 0.538. The number of fused-ring (bicyclic) bond motifs is 1. The summed E-state index contributed by atoms with van der Waals surface area (Å²) in [5.74, 6) is -0.235. The summed E-state index contributed by atoms with van der Waals surface area (Å²) in [6.07, 6.45) is 0.801. The first kappa shape index (κ1) is 12.1. The fraction of sp³-hybridized carbons (Fsp3) is 0.333. The molecule has 1 aromatic rings. The van der Waals surface area contributed by atoms with Gasteiger partial charge in [0.15, 0.2) is 0 Å². The van der Waals surface area contributed by atoms with Crippen molar-refractivity contribution in [3.05, 3.63) is 23.8 Å².